The third kappa shape index (κ3) is 3.43. The number of ether oxygens (including phenoxy) is 1. The van der Waals surface area contributed by atoms with Gasteiger partial charge in [0, 0.05) is 12.1 Å². The Balaban J connectivity index is 2.78. The molecule has 0 aliphatic carbocycles. The summed E-state index contributed by atoms with van der Waals surface area (Å²) >= 11 is 2.95. The van der Waals surface area contributed by atoms with Gasteiger partial charge in [-0.25, -0.2) is 8.78 Å². The summed E-state index contributed by atoms with van der Waals surface area (Å²) in [5, 5.41) is 10.4. The van der Waals surface area contributed by atoms with Crippen LogP contribution >= 0.6 is 15.9 Å². The van der Waals surface area contributed by atoms with E-state index >= 15 is 0 Å². The molecule has 1 aromatic rings. The Morgan fingerprint density at radius 2 is 2.20 bits per heavy atom. The summed E-state index contributed by atoms with van der Waals surface area (Å²) in [7, 11) is 0. The standard InChI is InChI=1S/C8H6BrF2NO3/c9-6-3-5(15-4-8(10)11)1-2-7(6)12(13)14/h1-3,8H,4H2. The molecule has 0 N–H and O–H groups in total. The summed E-state index contributed by atoms with van der Waals surface area (Å²) in [6.45, 7) is -0.732. The fourth-order valence-electron chi connectivity index (χ4n) is 0.885. The van der Waals surface area contributed by atoms with Gasteiger partial charge in [-0.1, -0.05) is 0 Å². The van der Waals surface area contributed by atoms with E-state index in [-0.39, 0.29) is 15.9 Å². The summed E-state index contributed by atoms with van der Waals surface area (Å²) in [4.78, 5) is 9.83. The van der Waals surface area contributed by atoms with Crippen LogP contribution in [0.4, 0.5) is 14.5 Å². The molecule has 0 amide bonds. The van der Waals surface area contributed by atoms with E-state index in [1.807, 2.05) is 0 Å². The first kappa shape index (κ1) is 11.8. The monoisotopic (exact) mass is 281 g/mol. The normalized spacial score (nSPS) is 10.4. The zero-order chi connectivity index (χ0) is 11.4. The molecule has 4 nitrogen and oxygen atoms in total. The smallest absolute Gasteiger partial charge is 0.283 e. The van der Waals surface area contributed by atoms with Gasteiger partial charge in [0.05, 0.1) is 9.40 Å². The van der Waals surface area contributed by atoms with Crippen molar-refractivity contribution >= 4 is 21.6 Å². The first-order chi connectivity index (χ1) is 7.00. The Kier molecular flexibility index (Phi) is 3.96. The average Bonchev–Trinajstić information content (AvgIpc) is 2.14. The van der Waals surface area contributed by atoms with E-state index < -0.39 is 18.0 Å². The quantitative estimate of drug-likeness (QED) is 0.630. The zero-order valence-corrected chi connectivity index (χ0v) is 8.91. The minimum absolute atomic E-state index is 0.139. The molecule has 1 aromatic carbocycles. The number of alkyl halides is 2. The van der Waals surface area contributed by atoms with E-state index in [4.69, 9.17) is 0 Å². The molecule has 0 radical (unpaired) electrons. The number of nitro groups is 1. The number of nitro benzene ring substituents is 1. The molecule has 0 fully saturated rings. The van der Waals surface area contributed by atoms with Crippen molar-refractivity contribution in [2.24, 2.45) is 0 Å². The highest BCUT2D eigenvalue weighted by Crippen LogP contribution is 2.28. The first-order valence-corrected chi connectivity index (χ1v) is 4.65. The molecule has 0 aliphatic heterocycles. The predicted octanol–water partition coefficient (Wildman–Crippen LogP) is 3.00. The summed E-state index contributed by atoms with van der Waals surface area (Å²) in [6, 6.07) is 3.73. The minimum Gasteiger partial charge on any atom is -0.488 e. The van der Waals surface area contributed by atoms with Gasteiger partial charge >= 0.3 is 0 Å². The second-order valence-corrected chi connectivity index (χ2v) is 3.43. The van der Waals surface area contributed by atoms with E-state index in [1.54, 1.807) is 0 Å². The maximum absolute atomic E-state index is 11.8. The Morgan fingerprint density at radius 3 is 2.67 bits per heavy atom. The second-order valence-electron chi connectivity index (χ2n) is 2.57. The van der Waals surface area contributed by atoms with Crippen molar-refractivity contribution in [3.63, 3.8) is 0 Å². The second kappa shape index (κ2) is 5.01. The SMILES string of the molecule is O=[N+]([O-])c1ccc(OCC(F)F)cc1Br. The molecule has 0 aliphatic rings. The molecular weight excluding hydrogens is 276 g/mol. The number of hydrogen-bond donors (Lipinski definition) is 0. The summed E-state index contributed by atoms with van der Waals surface area (Å²) in [6.07, 6.45) is -2.57. The van der Waals surface area contributed by atoms with E-state index in [1.165, 1.54) is 18.2 Å². The van der Waals surface area contributed by atoms with Gasteiger partial charge in [0.2, 0.25) is 0 Å². The van der Waals surface area contributed by atoms with Gasteiger partial charge in [-0.3, -0.25) is 10.1 Å². The van der Waals surface area contributed by atoms with Gasteiger partial charge in [0.25, 0.3) is 12.1 Å². The Labute approximate surface area is 92.1 Å². The van der Waals surface area contributed by atoms with Crippen molar-refractivity contribution < 1.29 is 18.4 Å². The Hall–Kier alpha value is -1.24. The van der Waals surface area contributed by atoms with Crippen molar-refractivity contribution in [1.29, 1.82) is 0 Å². The van der Waals surface area contributed by atoms with Gasteiger partial charge in [-0.2, -0.15) is 0 Å². The predicted molar refractivity (Wildman–Crippen MR) is 52.3 cm³/mol. The van der Waals surface area contributed by atoms with Crippen molar-refractivity contribution in [3.8, 4) is 5.75 Å². The number of halogens is 3. The molecule has 15 heavy (non-hydrogen) atoms. The van der Waals surface area contributed by atoms with E-state index in [0.717, 1.165) is 0 Å². The van der Waals surface area contributed by atoms with Crippen LogP contribution in [0.1, 0.15) is 0 Å². The maximum Gasteiger partial charge on any atom is 0.283 e. The van der Waals surface area contributed by atoms with Crippen molar-refractivity contribution in [1.82, 2.24) is 0 Å². The van der Waals surface area contributed by atoms with E-state index in [9.17, 15) is 18.9 Å². The molecule has 0 spiro atoms. The van der Waals surface area contributed by atoms with Gasteiger partial charge in [0.15, 0.2) is 0 Å². The lowest BCUT2D eigenvalue weighted by atomic mass is 10.3. The molecule has 0 unspecified atom stereocenters. The van der Waals surface area contributed by atoms with Crippen molar-refractivity contribution in [2.45, 2.75) is 6.43 Å². The highest BCUT2D eigenvalue weighted by atomic mass is 79.9. The largest absolute Gasteiger partial charge is 0.488 e. The molecule has 82 valence electrons. The summed E-state index contributed by atoms with van der Waals surface area (Å²) in [5.74, 6) is 0.160. The molecule has 7 heteroatoms. The average molecular weight is 282 g/mol. The molecule has 0 aromatic heterocycles. The molecule has 0 saturated carbocycles. The van der Waals surface area contributed by atoms with Gasteiger partial charge < -0.3 is 4.74 Å². The lowest BCUT2D eigenvalue weighted by Crippen LogP contribution is -2.06. The molecular formula is C8H6BrF2NO3. The van der Waals surface area contributed by atoms with Crippen LogP contribution in [0.15, 0.2) is 22.7 Å². The summed E-state index contributed by atoms with van der Waals surface area (Å²) in [5.41, 5.74) is -0.139. The van der Waals surface area contributed by atoms with Gasteiger partial charge in [-0.05, 0) is 22.0 Å². The number of rotatable bonds is 4. The third-order valence-electron chi connectivity index (χ3n) is 1.49. The van der Waals surface area contributed by atoms with Crippen LogP contribution < -0.4 is 4.74 Å². The Morgan fingerprint density at radius 1 is 1.53 bits per heavy atom. The fraction of sp³-hybridized carbons (Fsp3) is 0.250. The van der Waals surface area contributed by atoms with E-state index in [0.29, 0.717) is 0 Å². The number of hydrogen-bond acceptors (Lipinski definition) is 3. The van der Waals surface area contributed by atoms with Crippen LogP contribution in [-0.2, 0) is 0 Å². The van der Waals surface area contributed by atoms with Gasteiger partial charge in [-0.15, -0.1) is 0 Å². The van der Waals surface area contributed by atoms with Crippen molar-refractivity contribution in [3.05, 3.63) is 32.8 Å². The van der Waals surface area contributed by atoms with Gasteiger partial charge in [0.1, 0.15) is 12.4 Å². The van der Waals surface area contributed by atoms with Crippen LogP contribution in [0.25, 0.3) is 0 Å². The van der Waals surface area contributed by atoms with Crippen LogP contribution in [0.2, 0.25) is 0 Å². The van der Waals surface area contributed by atoms with E-state index in [2.05, 4.69) is 20.7 Å². The van der Waals surface area contributed by atoms with Crippen LogP contribution in [-0.4, -0.2) is 18.0 Å². The highest BCUT2D eigenvalue weighted by Gasteiger charge is 2.12. The molecule has 0 atom stereocenters. The minimum atomic E-state index is -2.57. The molecule has 0 heterocycles. The van der Waals surface area contributed by atoms with Crippen LogP contribution in [0.5, 0.6) is 5.75 Å². The van der Waals surface area contributed by atoms with Crippen molar-refractivity contribution in [2.75, 3.05) is 6.61 Å². The first-order valence-electron chi connectivity index (χ1n) is 3.85. The molecule has 1 rings (SSSR count). The molecule has 0 saturated heterocycles. The Bertz CT molecular complexity index is 373. The lowest BCUT2D eigenvalue weighted by Gasteiger charge is -2.05. The third-order valence-corrected chi connectivity index (χ3v) is 2.13. The topological polar surface area (TPSA) is 52.4 Å². The fourth-order valence-corrected chi connectivity index (χ4v) is 1.39. The van der Waals surface area contributed by atoms with Crippen LogP contribution in [0.3, 0.4) is 0 Å². The summed E-state index contributed by atoms with van der Waals surface area (Å²) < 4.78 is 28.4. The maximum atomic E-state index is 11.8. The van der Waals surface area contributed by atoms with Crippen LogP contribution in [0, 0.1) is 10.1 Å². The highest BCUT2D eigenvalue weighted by molar-refractivity contribution is 9.10. The zero-order valence-electron chi connectivity index (χ0n) is 7.32. The number of benzene rings is 1. The molecule has 0 bridgehead atoms. The lowest BCUT2D eigenvalue weighted by molar-refractivity contribution is -0.385. The number of nitrogens with zero attached hydrogens (tertiary/aromatic N) is 1.